The monoisotopic (exact) mass is 252 g/mol. The highest BCUT2D eigenvalue weighted by atomic mass is 16.1. The van der Waals surface area contributed by atoms with E-state index in [1.165, 1.54) is 6.42 Å². The number of carbonyl (C=O) groups is 1. The maximum atomic E-state index is 11.4. The van der Waals surface area contributed by atoms with Crippen LogP contribution in [0.1, 0.15) is 46.2 Å². The Balaban J connectivity index is 2.32. The maximum absolute atomic E-state index is 11.4. The Hall–Kier alpha value is -1.39. The Morgan fingerprint density at radius 2 is 2.11 bits per heavy atom. The van der Waals surface area contributed by atoms with E-state index >= 15 is 0 Å². The molecule has 5 nitrogen and oxygen atoms in total. The van der Waals surface area contributed by atoms with E-state index in [9.17, 15) is 4.79 Å². The first kappa shape index (κ1) is 14.7. The minimum atomic E-state index is 0.00564. The van der Waals surface area contributed by atoms with Gasteiger partial charge in [-0.2, -0.15) is 0 Å². The standard InChI is InChI=1S/C13H24N4O/c1-10(2)6-5-7-17-9-12(15-16-17)8-14-13(18)11(3)4/h9-11H,5-8H2,1-4H3,(H,14,18). The molecule has 1 aromatic heterocycles. The molecule has 1 heterocycles. The molecule has 0 saturated carbocycles. The first-order valence-electron chi connectivity index (χ1n) is 6.65. The van der Waals surface area contributed by atoms with Crippen LogP contribution in [0.2, 0.25) is 0 Å². The fraction of sp³-hybridized carbons (Fsp3) is 0.769. The second-order valence-electron chi connectivity index (χ2n) is 5.38. The van der Waals surface area contributed by atoms with Crippen LogP contribution in [0.25, 0.3) is 0 Å². The lowest BCUT2D eigenvalue weighted by molar-refractivity contribution is -0.124. The Kier molecular flexibility index (Phi) is 5.82. The molecule has 0 radical (unpaired) electrons. The van der Waals surface area contributed by atoms with Crippen LogP contribution in [-0.4, -0.2) is 20.9 Å². The molecule has 0 atom stereocenters. The normalized spacial score (nSPS) is 11.2. The smallest absolute Gasteiger partial charge is 0.222 e. The van der Waals surface area contributed by atoms with Crippen LogP contribution in [0.15, 0.2) is 6.20 Å². The molecule has 5 heteroatoms. The second kappa shape index (κ2) is 7.13. The van der Waals surface area contributed by atoms with Crippen molar-refractivity contribution in [2.75, 3.05) is 0 Å². The highest BCUT2D eigenvalue weighted by Crippen LogP contribution is 2.05. The van der Waals surface area contributed by atoms with E-state index in [0.717, 1.165) is 24.6 Å². The number of nitrogens with one attached hydrogen (secondary N) is 1. The molecule has 18 heavy (non-hydrogen) atoms. The average Bonchev–Trinajstić information content (AvgIpc) is 2.73. The summed E-state index contributed by atoms with van der Waals surface area (Å²) in [5.74, 6) is 0.772. The topological polar surface area (TPSA) is 59.8 Å². The Morgan fingerprint density at radius 1 is 1.39 bits per heavy atom. The van der Waals surface area contributed by atoms with Crippen molar-refractivity contribution in [3.8, 4) is 0 Å². The van der Waals surface area contributed by atoms with Crippen LogP contribution in [0, 0.1) is 11.8 Å². The van der Waals surface area contributed by atoms with Crippen molar-refractivity contribution < 1.29 is 4.79 Å². The Labute approximate surface area is 109 Å². The molecule has 0 saturated heterocycles. The van der Waals surface area contributed by atoms with Crippen molar-refractivity contribution in [1.82, 2.24) is 20.3 Å². The molecule has 1 rings (SSSR count). The SMILES string of the molecule is CC(C)CCCn1cc(CNC(=O)C(C)C)nn1. The second-order valence-corrected chi connectivity index (χ2v) is 5.38. The third kappa shape index (κ3) is 5.29. The van der Waals surface area contributed by atoms with Crippen molar-refractivity contribution in [2.45, 2.75) is 53.6 Å². The average molecular weight is 252 g/mol. The van der Waals surface area contributed by atoms with Crippen LogP contribution in [0.3, 0.4) is 0 Å². The largest absolute Gasteiger partial charge is 0.350 e. The van der Waals surface area contributed by atoms with Gasteiger partial charge in [-0.3, -0.25) is 9.48 Å². The van der Waals surface area contributed by atoms with Crippen molar-refractivity contribution in [2.24, 2.45) is 11.8 Å². The van der Waals surface area contributed by atoms with Gasteiger partial charge in [0, 0.05) is 12.5 Å². The number of hydrogen-bond donors (Lipinski definition) is 1. The Bertz CT molecular complexity index is 371. The molecule has 0 bridgehead atoms. The van der Waals surface area contributed by atoms with Gasteiger partial charge in [0.2, 0.25) is 5.91 Å². The predicted octanol–water partition coefficient (Wildman–Crippen LogP) is 1.99. The number of aromatic nitrogens is 3. The van der Waals surface area contributed by atoms with Crippen LogP contribution in [-0.2, 0) is 17.9 Å². The fourth-order valence-corrected chi connectivity index (χ4v) is 1.57. The Morgan fingerprint density at radius 3 is 2.72 bits per heavy atom. The molecular formula is C13H24N4O. The van der Waals surface area contributed by atoms with Crippen LogP contribution in [0.5, 0.6) is 0 Å². The molecule has 0 fully saturated rings. The van der Waals surface area contributed by atoms with Crippen LogP contribution in [0.4, 0.5) is 0 Å². The van der Waals surface area contributed by atoms with Gasteiger partial charge in [-0.1, -0.05) is 32.9 Å². The van der Waals surface area contributed by atoms with Crippen LogP contribution < -0.4 is 5.32 Å². The van der Waals surface area contributed by atoms with E-state index in [4.69, 9.17) is 0 Å². The lowest BCUT2D eigenvalue weighted by atomic mass is 10.1. The minimum Gasteiger partial charge on any atom is -0.350 e. The molecule has 0 spiro atoms. The summed E-state index contributed by atoms with van der Waals surface area (Å²) in [6.45, 7) is 9.53. The fourth-order valence-electron chi connectivity index (χ4n) is 1.57. The summed E-state index contributed by atoms with van der Waals surface area (Å²) in [6, 6.07) is 0. The summed E-state index contributed by atoms with van der Waals surface area (Å²) in [4.78, 5) is 11.4. The number of rotatable bonds is 7. The first-order chi connectivity index (χ1) is 8.49. The summed E-state index contributed by atoms with van der Waals surface area (Å²) in [6.07, 6.45) is 4.21. The van der Waals surface area contributed by atoms with Gasteiger partial charge in [-0.15, -0.1) is 5.10 Å². The molecule has 102 valence electrons. The zero-order chi connectivity index (χ0) is 13.5. The molecular weight excluding hydrogens is 228 g/mol. The first-order valence-corrected chi connectivity index (χ1v) is 6.65. The summed E-state index contributed by atoms with van der Waals surface area (Å²) < 4.78 is 1.85. The van der Waals surface area contributed by atoms with Gasteiger partial charge >= 0.3 is 0 Å². The van der Waals surface area contributed by atoms with Gasteiger partial charge in [-0.25, -0.2) is 0 Å². The number of hydrogen-bond acceptors (Lipinski definition) is 3. The molecule has 0 aliphatic rings. The van der Waals surface area contributed by atoms with E-state index < -0.39 is 0 Å². The van der Waals surface area contributed by atoms with Crippen molar-refractivity contribution in [1.29, 1.82) is 0 Å². The van der Waals surface area contributed by atoms with Crippen molar-refractivity contribution in [3.05, 3.63) is 11.9 Å². The van der Waals surface area contributed by atoms with Gasteiger partial charge < -0.3 is 5.32 Å². The van der Waals surface area contributed by atoms with E-state index in [0.29, 0.717) is 6.54 Å². The van der Waals surface area contributed by atoms with Crippen LogP contribution >= 0.6 is 0 Å². The van der Waals surface area contributed by atoms with Gasteiger partial charge in [0.05, 0.1) is 12.7 Å². The lowest BCUT2D eigenvalue weighted by Gasteiger charge is -2.05. The van der Waals surface area contributed by atoms with E-state index in [-0.39, 0.29) is 11.8 Å². The van der Waals surface area contributed by atoms with Gasteiger partial charge in [-0.05, 0) is 18.8 Å². The summed E-state index contributed by atoms with van der Waals surface area (Å²) in [7, 11) is 0. The number of nitrogens with zero attached hydrogens (tertiary/aromatic N) is 3. The summed E-state index contributed by atoms with van der Waals surface area (Å²) in [5.41, 5.74) is 0.813. The third-order valence-electron chi connectivity index (χ3n) is 2.72. The molecule has 1 amide bonds. The zero-order valence-corrected chi connectivity index (χ0v) is 11.8. The third-order valence-corrected chi connectivity index (χ3v) is 2.72. The predicted molar refractivity (Wildman–Crippen MR) is 70.8 cm³/mol. The molecule has 0 aliphatic heterocycles. The minimum absolute atomic E-state index is 0.00564. The van der Waals surface area contributed by atoms with E-state index in [1.807, 2.05) is 24.7 Å². The van der Waals surface area contributed by atoms with E-state index in [2.05, 4.69) is 29.5 Å². The highest BCUT2D eigenvalue weighted by molar-refractivity contribution is 5.77. The van der Waals surface area contributed by atoms with Crippen molar-refractivity contribution in [3.63, 3.8) is 0 Å². The van der Waals surface area contributed by atoms with Gasteiger partial charge in [0.1, 0.15) is 5.69 Å². The molecule has 1 N–H and O–H groups in total. The molecule has 0 aliphatic carbocycles. The zero-order valence-electron chi connectivity index (χ0n) is 11.8. The van der Waals surface area contributed by atoms with Crippen molar-refractivity contribution >= 4 is 5.91 Å². The summed E-state index contributed by atoms with van der Waals surface area (Å²) in [5, 5.41) is 10.9. The summed E-state index contributed by atoms with van der Waals surface area (Å²) >= 11 is 0. The maximum Gasteiger partial charge on any atom is 0.222 e. The quantitative estimate of drug-likeness (QED) is 0.807. The van der Waals surface area contributed by atoms with Gasteiger partial charge in [0.15, 0.2) is 0 Å². The van der Waals surface area contributed by atoms with E-state index in [1.54, 1.807) is 0 Å². The molecule has 1 aromatic rings. The number of carbonyl (C=O) groups excluding carboxylic acids is 1. The number of aryl methyl sites for hydroxylation is 1. The highest BCUT2D eigenvalue weighted by Gasteiger charge is 2.07. The number of amides is 1. The molecule has 0 unspecified atom stereocenters. The lowest BCUT2D eigenvalue weighted by Crippen LogP contribution is -2.27. The van der Waals surface area contributed by atoms with Gasteiger partial charge in [0.25, 0.3) is 0 Å². The molecule has 0 aromatic carbocycles.